The van der Waals surface area contributed by atoms with E-state index in [0.29, 0.717) is 0 Å². The Hall–Kier alpha value is -1.80. The first kappa shape index (κ1) is 17.3. The number of halogens is 3. The van der Waals surface area contributed by atoms with Gasteiger partial charge in [-0.15, -0.1) is 0 Å². The molecule has 0 spiro atoms. The first-order valence-electron chi connectivity index (χ1n) is 6.20. The Bertz CT molecular complexity index is 506. The summed E-state index contributed by atoms with van der Waals surface area (Å²) in [6, 6.07) is 2.80. The molecule has 0 fully saturated rings. The van der Waals surface area contributed by atoms with Gasteiger partial charge < -0.3 is 21.3 Å². The summed E-state index contributed by atoms with van der Waals surface area (Å²) >= 11 is 0. The van der Waals surface area contributed by atoms with E-state index in [2.05, 4.69) is 5.32 Å². The van der Waals surface area contributed by atoms with Crippen molar-refractivity contribution in [1.82, 2.24) is 5.32 Å². The summed E-state index contributed by atoms with van der Waals surface area (Å²) in [6.07, 6.45) is -7.13. The van der Waals surface area contributed by atoms with Crippen LogP contribution in [0.3, 0.4) is 0 Å². The SMILES string of the molecule is CC(=O)NCCC(O)C(O)c1ccc(C(F)(F)F)c(N)c1. The first-order valence-corrected chi connectivity index (χ1v) is 6.20. The number of carbonyl (C=O) groups is 1. The topological polar surface area (TPSA) is 95.6 Å². The van der Waals surface area contributed by atoms with Gasteiger partial charge in [-0.1, -0.05) is 6.07 Å². The zero-order valence-electron chi connectivity index (χ0n) is 11.3. The number of nitrogens with two attached hydrogens (primary N) is 1. The summed E-state index contributed by atoms with van der Waals surface area (Å²) in [4.78, 5) is 10.7. The molecule has 1 aromatic carbocycles. The van der Waals surface area contributed by atoms with Crippen LogP contribution in [0.4, 0.5) is 18.9 Å². The molecule has 5 N–H and O–H groups in total. The van der Waals surface area contributed by atoms with Crippen LogP contribution >= 0.6 is 0 Å². The van der Waals surface area contributed by atoms with Crippen molar-refractivity contribution in [3.05, 3.63) is 29.3 Å². The monoisotopic (exact) mass is 306 g/mol. The third kappa shape index (κ3) is 4.91. The Kier molecular flexibility index (Phi) is 5.56. The van der Waals surface area contributed by atoms with Gasteiger partial charge in [0.05, 0.1) is 11.7 Å². The molecule has 0 aliphatic carbocycles. The van der Waals surface area contributed by atoms with E-state index < -0.39 is 29.6 Å². The Labute approximate surface area is 119 Å². The highest BCUT2D eigenvalue weighted by atomic mass is 19.4. The van der Waals surface area contributed by atoms with Gasteiger partial charge in [-0.05, 0) is 24.1 Å². The number of hydrogen-bond donors (Lipinski definition) is 4. The lowest BCUT2D eigenvalue weighted by molar-refractivity contribution is -0.137. The molecule has 5 nitrogen and oxygen atoms in total. The number of amides is 1. The maximum atomic E-state index is 12.6. The number of aliphatic hydroxyl groups excluding tert-OH is 2. The van der Waals surface area contributed by atoms with E-state index in [0.717, 1.165) is 18.2 Å². The van der Waals surface area contributed by atoms with E-state index >= 15 is 0 Å². The van der Waals surface area contributed by atoms with Crippen molar-refractivity contribution in [3.8, 4) is 0 Å². The third-order valence-corrected chi connectivity index (χ3v) is 2.90. The van der Waals surface area contributed by atoms with Gasteiger partial charge >= 0.3 is 6.18 Å². The molecular formula is C13H17F3N2O3. The van der Waals surface area contributed by atoms with E-state index in [1.807, 2.05) is 0 Å². The van der Waals surface area contributed by atoms with E-state index in [4.69, 9.17) is 5.73 Å². The van der Waals surface area contributed by atoms with Crippen LogP contribution in [0.1, 0.15) is 30.6 Å². The molecule has 8 heteroatoms. The number of alkyl halides is 3. The van der Waals surface area contributed by atoms with Gasteiger partial charge in [0.2, 0.25) is 5.91 Å². The lowest BCUT2D eigenvalue weighted by atomic mass is 9.99. The summed E-state index contributed by atoms with van der Waals surface area (Å²) in [5.41, 5.74) is 3.88. The maximum absolute atomic E-state index is 12.6. The highest BCUT2D eigenvalue weighted by Gasteiger charge is 2.33. The number of aliphatic hydroxyl groups is 2. The molecule has 1 rings (SSSR count). The fourth-order valence-electron chi connectivity index (χ4n) is 1.80. The van der Waals surface area contributed by atoms with Crippen molar-refractivity contribution in [1.29, 1.82) is 0 Å². The Balaban J connectivity index is 2.76. The van der Waals surface area contributed by atoms with Crippen LogP contribution in [0, 0.1) is 0 Å². The van der Waals surface area contributed by atoms with E-state index in [1.165, 1.54) is 6.92 Å². The van der Waals surface area contributed by atoms with Gasteiger partial charge in [0, 0.05) is 19.2 Å². The molecule has 0 aliphatic rings. The number of nitrogen functional groups attached to an aromatic ring is 1. The molecule has 0 radical (unpaired) electrons. The third-order valence-electron chi connectivity index (χ3n) is 2.90. The molecule has 21 heavy (non-hydrogen) atoms. The molecule has 0 aliphatic heterocycles. The van der Waals surface area contributed by atoms with Crippen molar-refractivity contribution in [2.45, 2.75) is 31.7 Å². The number of rotatable bonds is 5. The molecule has 0 saturated carbocycles. The average molecular weight is 306 g/mol. The number of anilines is 1. The smallest absolute Gasteiger partial charge is 0.398 e. The quantitative estimate of drug-likeness (QED) is 0.615. The largest absolute Gasteiger partial charge is 0.418 e. The summed E-state index contributed by atoms with van der Waals surface area (Å²) < 4.78 is 37.7. The molecule has 0 saturated heterocycles. The number of benzene rings is 1. The van der Waals surface area contributed by atoms with Gasteiger partial charge in [-0.2, -0.15) is 13.2 Å². The van der Waals surface area contributed by atoms with Crippen molar-refractivity contribution in [2.75, 3.05) is 12.3 Å². The summed E-state index contributed by atoms with van der Waals surface area (Å²) in [5, 5.41) is 22.1. The summed E-state index contributed by atoms with van der Waals surface area (Å²) in [7, 11) is 0. The fourth-order valence-corrected chi connectivity index (χ4v) is 1.80. The van der Waals surface area contributed by atoms with E-state index in [9.17, 15) is 28.2 Å². The van der Waals surface area contributed by atoms with Crippen molar-refractivity contribution >= 4 is 11.6 Å². The lowest BCUT2D eigenvalue weighted by Gasteiger charge is -2.19. The average Bonchev–Trinajstić information content (AvgIpc) is 2.35. The number of nitrogens with one attached hydrogen (secondary N) is 1. The van der Waals surface area contributed by atoms with E-state index in [-0.39, 0.29) is 24.4 Å². The Morgan fingerprint density at radius 3 is 2.48 bits per heavy atom. The molecular weight excluding hydrogens is 289 g/mol. The second kappa shape index (κ2) is 6.77. The highest BCUT2D eigenvalue weighted by Crippen LogP contribution is 2.35. The maximum Gasteiger partial charge on any atom is 0.418 e. The minimum absolute atomic E-state index is 0.0572. The van der Waals surface area contributed by atoms with Crippen LogP contribution in [-0.4, -0.2) is 28.8 Å². The zero-order valence-corrected chi connectivity index (χ0v) is 11.3. The number of hydrogen-bond acceptors (Lipinski definition) is 4. The van der Waals surface area contributed by atoms with Gasteiger partial charge in [0.25, 0.3) is 0 Å². The van der Waals surface area contributed by atoms with Crippen molar-refractivity contribution in [2.24, 2.45) is 0 Å². The van der Waals surface area contributed by atoms with Gasteiger partial charge in [-0.3, -0.25) is 4.79 Å². The molecule has 0 heterocycles. The van der Waals surface area contributed by atoms with Gasteiger partial charge in [0.15, 0.2) is 0 Å². The summed E-state index contributed by atoms with van der Waals surface area (Å²) in [6.45, 7) is 1.45. The van der Waals surface area contributed by atoms with Crippen LogP contribution in [0.15, 0.2) is 18.2 Å². The van der Waals surface area contributed by atoms with Crippen LogP contribution in [0.2, 0.25) is 0 Å². The second-order valence-corrected chi connectivity index (χ2v) is 4.63. The zero-order chi connectivity index (χ0) is 16.2. The highest BCUT2D eigenvalue weighted by molar-refractivity contribution is 5.72. The Morgan fingerprint density at radius 1 is 1.38 bits per heavy atom. The fraction of sp³-hybridized carbons (Fsp3) is 0.462. The predicted octanol–water partition coefficient (Wildman–Crippen LogP) is 1.21. The van der Waals surface area contributed by atoms with Crippen molar-refractivity contribution < 1.29 is 28.2 Å². The van der Waals surface area contributed by atoms with Crippen LogP contribution in [-0.2, 0) is 11.0 Å². The van der Waals surface area contributed by atoms with Crippen LogP contribution < -0.4 is 11.1 Å². The molecule has 0 aromatic heterocycles. The molecule has 0 bridgehead atoms. The normalized spacial score (nSPS) is 14.6. The minimum Gasteiger partial charge on any atom is -0.398 e. The van der Waals surface area contributed by atoms with Gasteiger partial charge in [0.1, 0.15) is 6.10 Å². The number of carbonyl (C=O) groups excluding carboxylic acids is 1. The Morgan fingerprint density at radius 2 is 2.00 bits per heavy atom. The van der Waals surface area contributed by atoms with Crippen LogP contribution in [0.25, 0.3) is 0 Å². The van der Waals surface area contributed by atoms with Crippen LogP contribution in [0.5, 0.6) is 0 Å². The summed E-state index contributed by atoms with van der Waals surface area (Å²) in [5.74, 6) is -0.282. The van der Waals surface area contributed by atoms with Gasteiger partial charge in [-0.25, -0.2) is 0 Å². The molecule has 2 unspecified atom stereocenters. The first-order chi connectivity index (χ1) is 9.62. The predicted molar refractivity (Wildman–Crippen MR) is 70.1 cm³/mol. The standard InChI is InChI=1S/C13H17F3N2O3/c1-7(19)18-5-4-11(20)12(21)8-2-3-9(10(17)6-8)13(14,15)16/h2-3,6,11-12,20-21H,4-5,17H2,1H3,(H,18,19). The minimum atomic E-state index is -4.57. The van der Waals surface area contributed by atoms with Crippen molar-refractivity contribution in [3.63, 3.8) is 0 Å². The molecule has 1 aromatic rings. The second-order valence-electron chi connectivity index (χ2n) is 4.63. The molecule has 1 amide bonds. The molecule has 2 atom stereocenters. The lowest BCUT2D eigenvalue weighted by Crippen LogP contribution is -2.27. The van der Waals surface area contributed by atoms with E-state index in [1.54, 1.807) is 0 Å². The molecule has 118 valence electrons.